The van der Waals surface area contributed by atoms with Crippen molar-refractivity contribution in [3.63, 3.8) is 0 Å². The van der Waals surface area contributed by atoms with E-state index in [1.54, 1.807) is 19.5 Å². The SMILES string of the molecule is COc1ccc(-c2cnnc(NC(C)Cc3cccnc3)n2)cc1. The van der Waals surface area contributed by atoms with Gasteiger partial charge in [-0.2, -0.15) is 5.10 Å². The van der Waals surface area contributed by atoms with Crippen molar-refractivity contribution in [2.75, 3.05) is 12.4 Å². The molecule has 0 saturated carbocycles. The maximum Gasteiger partial charge on any atom is 0.243 e. The predicted molar refractivity (Wildman–Crippen MR) is 92.8 cm³/mol. The van der Waals surface area contributed by atoms with Gasteiger partial charge in [0.1, 0.15) is 5.75 Å². The van der Waals surface area contributed by atoms with Gasteiger partial charge in [-0.1, -0.05) is 6.07 Å². The Bertz CT molecular complexity index is 777. The maximum absolute atomic E-state index is 5.17. The summed E-state index contributed by atoms with van der Waals surface area (Å²) in [5, 5.41) is 11.4. The number of aromatic nitrogens is 4. The Hall–Kier alpha value is -3.02. The molecule has 0 aliphatic carbocycles. The number of hydrogen-bond donors (Lipinski definition) is 1. The topological polar surface area (TPSA) is 72.8 Å². The summed E-state index contributed by atoms with van der Waals surface area (Å²) in [7, 11) is 1.65. The van der Waals surface area contributed by atoms with Crippen molar-refractivity contribution in [1.29, 1.82) is 0 Å². The summed E-state index contributed by atoms with van der Waals surface area (Å²) in [4.78, 5) is 8.67. The van der Waals surface area contributed by atoms with Crippen molar-refractivity contribution in [3.8, 4) is 17.0 Å². The Labute approximate surface area is 141 Å². The van der Waals surface area contributed by atoms with Crippen LogP contribution in [0.1, 0.15) is 12.5 Å². The third-order valence-corrected chi connectivity index (χ3v) is 3.58. The van der Waals surface area contributed by atoms with Gasteiger partial charge in [-0.15, -0.1) is 5.10 Å². The molecule has 0 bridgehead atoms. The normalized spacial score (nSPS) is 11.8. The van der Waals surface area contributed by atoms with Crippen molar-refractivity contribution in [2.24, 2.45) is 0 Å². The molecule has 2 heterocycles. The summed E-state index contributed by atoms with van der Waals surface area (Å²) in [5.41, 5.74) is 2.90. The standard InChI is InChI=1S/C18H19N5O/c1-13(10-14-4-3-9-19-11-14)21-18-22-17(12-20-23-18)15-5-7-16(24-2)8-6-15/h3-9,11-13H,10H2,1-2H3,(H,21,22,23). The third-order valence-electron chi connectivity index (χ3n) is 3.58. The summed E-state index contributed by atoms with van der Waals surface area (Å²) in [6.45, 7) is 2.08. The zero-order chi connectivity index (χ0) is 16.8. The van der Waals surface area contributed by atoms with Crippen molar-refractivity contribution in [1.82, 2.24) is 20.2 Å². The Morgan fingerprint density at radius 3 is 2.67 bits per heavy atom. The van der Waals surface area contributed by atoms with E-state index in [-0.39, 0.29) is 6.04 Å². The second kappa shape index (κ2) is 7.50. The first kappa shape index (κ1) is 15.9. The first-order valence-electron chi connectivity index (χ1n) is 7.74. The number of ether oxygens (including phenoxy) is 1. The summed E-state index contributed by atoms with van der Waals surface area (Å²) >= 11 is 0. The van der Waals surface area contributed by atoms with E-state index in [0.29, 0.717) is 5.95 Å². The minimum Gasteiger partial charge on any atom is -0.497 e. The minimum atomic E-state index is 0.169. The summed E-state index contributed by atoms with van der Waals surface area (Å²) in [6.07, 6.45) is 6.13. The molecule has 1 N–H and O–H groups in total. The molecule has 3 rings (SSSR count). The quantitative estimate of drug-likeness (QED) is 0.752. The molecule has 0 radical (unpaired) electrons. The van der Waals surface area contributed by atoms with Crippen LogP contribution >= 0.6 is 0 Å². The second-order valence-corrected chi connectivity index (χ2v) is 5.50. The molecule has 0 fully saturated rings. The van der Waals surface area contributed by atoms with Gasteiger partial charge in [0.05, 0.1) is 19.0 Å². The smallest absolute Gasteiger partial charge is 0.243 e. The molecule has 0 saturated heterocycles. The number of anilines is 1. The van der Waals surface area contributed by atoms with Gasteiger partial charge in [0, 0.05) is 24.0 Å². The van der Waals surface area contributed by atoms with Crippen molar-refractivity contribution in [3.05, 3.63) is 60.6 Å². The molecule has 0 aliphatic rings. The van der Waals surface area contributed by atoms with E-state index in [0.717, 1.165) is 29.0 Å². The van der Waals surface area contributed by atoms with Gasteiger partial charge >= 0.3 is 0 Å². The highest BCUT2D eigenvalue weighted by molar-refractivity contribution is 5.60. The average molecular weight is 321 g/mol. The van der Waals surface area contributed by atoms with Gasteiger partial charge in [0.15, 0.2) is 0 Å². The van der Waals surface area contributed by atoms with E-state index in [1.807, 2.05) is 36.5 Å². The van der Waals surface area contributed by atoms with Gasteiger partial charge < -0.3 is 10.1 Å². The van der Waals surface area contributed by atoms with Gasteiger partial charge in [-0.05, 0) is 49.2 Å². The lowest BCUT2D eigenvalue weighted by molar-refractivity contribution is 0.415. The highest BCUT2D eigenvalue weighted by Gasteiger charge is 2.08. The summed E-state index contributed by atoms with van der Waals surface area (Å²) in [5.74, 6) is 1.32. The molecule has 1 atom stereocenters. The van der Waals surface area contributed by atoms with Gasteiger partial charge in [0.25, 0.3) is 0 Å². The van der Waals surface area contributed by atoms with Gasteiger partial charge in [0.2, 0.25) is 5.95 Å². The zero-order valence-corrected chi connectivity index (χ0v) is 13.7. The fourth-order valence-corrected chi connectivity index (χ4v) is 2.41. The minimum absolute atomic E-state index is 0.169. The largest absolute Gasteiger partial charge is 0.497 e. The molecule has 6 heteroatoms. The fraction of sp³-hybridized carbons (Fsp3) is 0.222. The number of pyridine rings is 1. The van der Waals surface area contributed by atoms with Crippen LogP contribution in [0.4, 0.5) is 5.95 Å². The number of rotatable bonds is 6. The lowest BCUT2D eigenvalue weighted by Crippen LogP contribution is -2.20. The van der Waals surface area contributed by atoms with E-state index in [1.165, 1.54) is 0 Å². The number of methoxy groups -OCH3 is 1. The number of benzene rings is 1. The van der Waals surface area contributed by atoms with Crippen LogP contribution in [0.3, 0.4) is 0 Å². The second-order valence-electron chi connectivity index (χ2n) is 5.50. The molecule has 3 aromatic rings. The van der Waals surface area contributed by atoms with Crippen LogP contribution in [0.5, 0.6) is 5.75 Å². The average Bonchev–Trinajstić information content (AvgIpc) is 2.63. The zero-order valence-electron chi connectivity index (χ0n) is 13.7. The molecule has 1 unspecified atom stereocenters. The Morgan fingerprint density at radius 1 is 1.12 bits per heavy atom. The Kier molecular flexibility index (Phi) is 4.96. The van der Waals surface area contributed by atoms with Gasteiger partial charge in [-0.3, -0.25) is 4.98 Å². The van der Waals surface area contributed by atoms with Crippen LogP contribution in [0.15, 0.2) is 55.0 Å². The molecule has 0 aliphatic heterocycles. The highest BCUT2D eigenvalue weighted by Crippen LogP contribution is 2.20. The maximum atomic E-state index is 5.17. The van der Waals surface area contributed by atoms with E-state index in [9.17, 15) is 0 Å². The van der Waals surface area contributed by atoms with E-state index >= 15 is 0 Å². The van der Waals surface area contributed by atoms with Crippen LogP contribution in [-0.4, -0.2) is 33.3 Å². The van der Waals surface area contributed by atoms with E-state index < -0.39 is 0 Å². The molecule has 6 nitrogen and oxygen atoms in total. The molecular weight excluding hydrogens is 302 g/mol. The fourth-order valence-electron chi connectivity index (χ4n) is 2.41. The molecule has 0 spiro atoms. The first-order valence-corrected chi connectivity index (χ1v) is 7.74. The molecule has 122 valence electrons. The van der Waals surface area contributed by atoms with E-state index in [2.05, 4.69) is 38.5 Å². The monoisotopic (exact) mass is 321 g/mol. The molecule has 2 aromatic heterocycles. The lowest BCUT2D eigenvalue weighted by atomic mass is 10.1. The predicted octanol–water partition coefficient (Wildman–Crippen LogP) is 2.99. The van der Waals surface area contributed by atoms with Crippen LogP contribution in [0, 0.1) is 0 Å². The van der Waals surface area contributed by atoms with Crippen LogP contribution < -0.4 is 10.1 Å². The number of hydrogen-bond acceptors (Lipinski definition) is 6. The highest BCUT2D eigenvalue weighted by atomic mass is 16.5. The summed E-state index contributed by atoms with van der Waals surface area (Å²) in [6, 6.07) is 11.9. The third kappa shape index (κ3) is 4.04. The summed E-state index contributed by atoms with van der Waals surface area (Å²) < 4.78 is 5.17. The van der Waals surface area contributed by atoms with E-state index in [4.69, 9.17) is 4.74 Å². The number of nitrogens with zero attached hydrogens (tertiary/aromatic N) is 4. The van der Waals surface area contributed by atoms with Gasteiger partial charge in [-0.25, -0.2) is 4.98 Å². The first-order chi connectivity index (χ1) is 11.7. The molecular formula is C18H19N5O. The molecule has 0 amide bonds. The van der Waals surface area contributed by atoms with Crippen LogP contribution in [0.2, 0.25) is 0 Å². The van der Waals surface area contributed by atoms with Crippen molar-refractivity contribution < 1.29 is 4.74 Å². The Balaban J connectivity index is 1.70. The van der Waals surface area contributed by atoms with Crippen molar-refractivity contribution in [2.45, 2.75) is 19.4 Å². The Morgan fingerprint density at radius 2 is 1.96 bits per heavy atom. The number of nitrogens with one attached hydrogen (secondary N) is 1. The van der Waals surface area contributed by atoms with Crippen molar-refractivity contribution >= 4 is 5.95 Å². The lowest BCUT2D eigenvalue weighted by Gasteiger charge is -2.13. The molecule has 24 heavy (non-hydrogen) atoms. The van der Waals surface area contributed by atoms with Crippen LogP contribution in [0.25, 0.3) is 11.3 Å². The molecule has 1 aromatic carbocycles. The van der Waals surface area contributed by atoms with Crippen LogP contribution in [-0.2, 0) is 6.42 Å².